The molecular formula is C25H27ClF2N2O4S. The number of alkyl halides is 2. The van der Waals surface area contributed by atoms with E-state index in [1.54, 1.807) is 43.9 Å². The number of ether oxygens (including phenoxy) is 1. The van der Waals surface area contributed by atoms with Crippen LogP contribution in [0.25, 0.3) is 10.9 Å². The summed E-state index contributed by atoms with van der Waals surface area (Å²) in [7, 11) is -4.16. The molecule has 2 aromatic carbocycles. The lowest BCUT2D eigenvalue weighted by molar-refractivity contribution is 0.0205. The Labute approximate surface area is 208 Å². The maximum absolute atomic E-state index is 14.1. The van der Waals surface area contributed by atoms with Crippen LogP contribution in [0, 0.1) is 0 Å². The van der Waals surface area contributed by atoms with Crippen LogP contribution in [0.1, 0.15) is 57.1 Å². The van der Waals surface area contributed by atoms with Crippen molar-refractivity contribution in [3.63, 3.8) is 0 Å². The first kappa shape index (κ1) is 25.4. The summed E-state index contributed by atoms with van der Waals surface area (Å²) >= 11 is 5.98. The van der Waals surface area contributed by atoms with E-state index < -0.39 is 28.1 Å². The molecule has 10 heteroatoms. The van der Waals surface area contributed by atoms with Gasteiger partial charge in [-0.05, 0) is 69.4 Å². The Balaban J connectivity index is 1.71. The van der Waals surface area contributed by atoms with Crippen LogP contribution < -0.4 is 0 Å². The van der Waals surface area contributed by atoms with E-state index in [1.807, 2.05) is 0 Å². The van der Waals surface area contributed by atoms with Gasteiger partial charge >= 0.3 is 6.09 Å². The van der Waals surface area contributed by atoms with E-state index in [4.69, 9.17) is 16.3 Å². The standard InChI is InChI=1S/C25H27ClF2N2O4S/c1-25(2,3)34-24(31)29-12-10-16(11-13-29)19-8-5-9-21-22(19)20(23(27)28)15-30(21)35(32,33)18-7-4-6-17(26)14-18/h4-9,14-16,23H,10-13H2,1-3H3. The van der Waals surface area contributed by atoms with Crippen molar-refractivity contribution in [2.45, 2.75) is 56.5 Å². The fourth-order valence-electron chi connectivity index (χ4n) is 4.46. The Morgan fingerprint density at radius 1 is 1.11 bits per heavy atom. The van der Waals surface area contributed by atoms with Gasteiger partial charge in [-0.15, -0.1) is 0 Å². The van der Waals surface area contributed by atoms with Gasteiger partial charge in [0.1, 0.15) is 5.60 Å². The largest absolute Gasteiger partial charge is 0.444 e. The van der Waals surface area contributed by atoms with Crippen LogP contribution in [0.3, 0.4) is 0 Å². The minimum absolute atomic E-state index is 0.0845. The van der Waals surface area contributed by atoms with E-state index in [9.17, 15) is 22.0 Å². The van der Waals surface area contributed by atoms with E-state index in [-0.39, 0.29) is 32.3 Å². The Hall–Kier alpha value is -2.65. The molecule has 0 N–H and O–H groups in total. The summed E-state index contributed by atoms with van der Waals surface area (Å²) in [5.74, 6) is -0.111. The van der Waals surface area contributed by atoms with Gasteiger partial charge in [-0.3, -0.25) is 0 Å². The first-order valence-electron chi connectivity index (χ1n) is 11.3. The number of aromatic nitrogens is 1. The van der Waals surface area contributed by atoms with Gasteiger partial charge in [0.15, 0.2) is 0 Å². The zero-order valence-corrected chi connectivity index (χ0v) is 21.2. The Bertz CT molecular complexity index is 1360. The van der Waals surface area contributed by atoms with Crippen molar-refractivity contribution in [3.05, 3.63) is 64.8 Å². The number of fused-ring (bicyclic) bond motifs is 1. The van der Waals surface area contributed by atoms with E-state index in [0.29, 0.717) is 31.5 Å². The second-order valence-electron chi connectivity index (χ2n) is 9.63. The van der Waals surface area contributed by atoms with E-state index >= 15 is 0 Å². The Morgan fingerprint density at radius 2 is 1.77 bits per heavy atom. The van der Waals surface area contributed by atoms with Crippen molar-refractivity contribution in [1.29, 1.82) is 0 Å². The van der Waals surface area contributed by atoms with Crippen molar-refractivity contribution in [1.82, 2.24) is 8.87 Å². The molecule has 35 heavy (non-hydrogen) atoms. The molecule has 1 saturated heterocycles. The van der Waals surface area contributed by atoms with Crippen LogP contribution in [0.4, 0.5) is 13.6 Å². The molecule has 0 aliphatic carbocycles. The van der Waals surface area contributed by atoms with Crippen LogP contribution in [-0.2, 0) is 14.8 Å². The predicted molar refractivity (Wildman–Crippen MR) is 131 cm³/mol. The van der Waals surface area contributed by atoms with Crippen LogP contribution >= 0.6 is 11.6 Å². The lowest BCUT2D eigenvalue weighted by Gasteiger charge is -2.34. The maximum atomic E-state index is 14.1. The molecule has 0 radical (unpaired) electrons. The highest BCUT2D eigenvalue weighted by atomic mass is 35.5. The highest BCUT2D eigenvalue weighted by Crippen LogP contribution is 2.40. The number of halogens is 3. The molecule has 188 valence electrons. The van der Waals surface area contributed by atoms with Crippen LogP contribution in [0.15, 0.2) is 53.6 Å². The molecule has 1 aliphatic rings. The summed E-state index contributed by atoms with van der Waals surface area (Å²) in [5, 5.41) is 0.470. The van der Waals surface area contributed by atoms with E-state index in [2.05, 4.69) is 0 Å². The topological polar surface area (TPSA) is 68.6 Å². The third-order valence-electron chi connectivity index (χ3n) is 6.03. The predicted octanol–water partition coefficient (Wildman–Crippen LogP) is 6.58. The normalized spacial score (nSPS) is 15.7. The third kappa shape index (κ3) is 5.16. The molecule has 0 atom stereocenters. The molecule has 0 spiro atoms. The summed E-state index contributed by atoms with van der Waals surface area (Å²) in [6.45, 7) is 6.23. The number of carbonyl (C=O) groups excluding carboxylic acids is 1. The summed E-state index contributed by atoms with van der Waals surface area (Å²) in [6.07, 6.45) is -1.16. The number of hydrogen-bond acceptors (Lipinski definition) is 4. The molecule has 1 fully saturated rings. The fraction of sp³-hybridized carbons (Fsp3) is 0.400. The van der Waals surface area contributed by atoms with E-state index in [0.717, 1.165) is 10.2 Å². The summed E-state index contributed by atoms with van der Waals surface area (Å²) in [6, 6.07) is 10.7. The number of piperidine rings is 1. The van der Waals surface area contributed by atoms with Crippen LogP contribution in [0.2, 0.25) is 5.02 Å². The summed E-state index contributed by atoms with van der Waals surface area (Å²) < 4.78 is 61.3. The van der Waals surface area contributed by atoms with E-state index in [1.165, 1.54) is 24.3 Å². The lowest BCUT2D eigenvalue weighted by Crippen LogP contribution is -2.41. The van der Waals surface area contributed by atoms with Gasteiger partial charge in [0, 0.05) is 35.3 Å². The number of amides is 1. The second kappa shape index (κ2) is 9.43. The average molecular weight is 525 g/mol. The van der Waals surface area contributed by atoms with Gasteiger partial charge in [0.2, 0.25) is 0 Å². The highest BCUT2D eigenvalue weighted by Gasteiger charge is 2.31. The fourth-order valence-corrected chi connectivity index (χ4v) is 6.13. The summed E-state index contributed by atoms with van der Waals surface area (Å²) in [5.41, 5.74) is -0.104. The van der Waals surface area contributed by atoms with Crippen molar-refractivity contribution >= 4 is 38.6 Å². The number of rotatable bonds is 4. The zero-order chi connectivity index (χ0) is 25.5. The molecule has 3 aromatic rings. The molecule has 6 nitrogen and oxygen atoms in total. The minimum atomic E-state index is -4.16. The van der Waals surface area contributed by atoms with Crippen molar-refractivity contribution in [2.75, 3.05) is 13.1 Å². The average Bonchev–Trinajstić information content (AvgIpc) is 3.19. The molecule has 0 bridgehead atoms. The highest BCUT2D eigenvalue weighted by molar-refractivity contribution is 7.90. The monoisotopic (exact) mass is 524 g/mol. The zero-order valence-electron chi connectivity index (χ0n) is 19.7. The SMILES string of the molecule is CC(C)(C)OC(=O)N1CCC(c2cccc3c2c(C(F)F)cn3S(=O)(=O)c2cccc(Cl)c2)CC1. The van der Waals surface area contributed by atoms with Gasteiger partial charge in [-0.2, -0.15) is 0 Å². The molecule has 1 aromatic heterocycles. The minimum Gasteiger partial charge on any atom is -0.444 e. The summed E-state index contributed by atoms with van der Waals surface area (Å²) in [4.78, 5) is 13.9. The van der Waals surface area contributed by atoms with Gasteiger partial charge in [-0.25, -0.2) is 26.0 Å². The first-order chi connectivity index (χ1) is 16.4. The molecule has 0 saturated carbocycles. The molecule has 1 aliphatic heterocycles. The molecule has 0 unspecified atom stereocenters. The maximum Gasteiger partial charge on any atom is 0.410 e. The third-order valence-corrected chi connectivity index (χ3v) is 7.94. The number of carbonyl (C=O) groups is 1. The smallest absolute Gasteiger partial charge is 0.410 e. The molecular weight excluding hydrogens is 498 g/mol. The van der Waals surface area contributed by atoms with Gasteiger partial charge in [0.05, 0.1) is 10.4 Å². The molecule has 2 heterocycles. The van der Waals surface area contributed by atoms with Crippen molar-refractivity contribution in [2.24, 2.45) is 0 Å². The Kier molecular flexibility index (Phi) is 6.85. The van der Waals surface area contributed by atoms with Crippen LogP contribution in [0.5, 0.6) is 0 Å². The van der Waals surface area contributed by atoms with Crippen LogP contribution in [-0.4, -0.2) is 42.1 Å². The van der Waals surface area contributed by atoms with Crippen molar-refractivity contribution in [3.8, 4) is 0 Å². The van der Waals surface area contributed by atoms with Gasteiger partial charge in [-0.1, -0.05) is 29.8 Å². The van der Waals surface area contributed by atoms with Gasteiger partial charge in [0.25, 0.3) is 16.4 Å². The number of benzene rings is 2. The number of hydrogen-bond donors (Lipinski definition) is 0. The molecule has 1 amide bonds. The second-order valence-corrected chi connectivity index (χ2v) is 11.9. The quantitative estimate of drug-likeness (QED) is 0.386. The van der Waals surface area contributed by atoms with Gasteiger partial charge < -0.3 is 9.64 Å². The number of nitrogens with zero attached hydrogens (tertiary/aromatic N) is 2. The van der Waals surface area contributed by atoms with Crippen molar-refractivity contribution < 1.29 is 26.7 Å². The Morgan fingerprint density at radius 3 is 2.37 bits per heavy atom. The molecule has 4 rings (SSSR count). The first-order valence-corrected chi connectivity index (χ1v) is 13.1. The number of likely N-dealkylation sites (tertiary alicyclic amines) is 1. The lowest BCUT2D eigenvalue weighted by atomic mass is 9.86.